The molecule has 24 heavy (non-hydrogen) atoms. The van der Waals surface area contributed by atoms with Gasteiger partial charge in [-0.3, -0.25) is 0 Å². The van der Waals surface area contributed by atoms with E-state index in [-0.39, 0.29) is 5.82 Å². The van der Waals surface area contributed by atoms with Crippen LogP contribution < -0.4 is 5.32 Å². The van der Waals surface area contributed by atoms with Crippen molar-refractivity contribution in [3.63, 3.8) is 0 Å². The van der Waals surface area contributed by atoms with Crippen LogP contribution in [-0.4, -0.2) is 31.8 Å². The number of anilines is 1. The SMILES string of the molecule is Cc1ccc(CSCCNc2ccc3ncc([N+](=O)[O-])n3n2)cc1. The summed E-state index contributed by atoms with van der Waals surface area (Å²) in [6, 6.07) is 12.0. The standard InChI is InChI=1S/C16H17N5O2S/c1-12-2-4-13(5-3-12)11-24-9-8-17-14-6-7-15-18-10-16(21(22)23)20(15)19-14/h2-7,10H,8-9,11H2,1H3,(H,17,19). The molecular weight excluding hydrogens is 326 g/mol. The molecule has 124 valence electrons. The van der Waals surface area contributed by atoms with Gasteiger partial charge < -0.3 is 15.4 Å². The third-order valence-electron chi connectivity index (χ3n) is 3.47. The molecule has 0 aliphatic carbocycles. The van der Waals surface area contributed by atoms with Gasteiger partial charge in [0, 0.05) is 24.1 Å². The normalized spacial score (nSPS) is 10.9. The molecule has 0 fully saturated rings. The summed E-state index contributed by atoms with van der Waals surface area (Å²) in [6.07, 6.45) is 1.21. The van der Waals surface area contributed by atoms with Crippen LogP contribution in [0.3, 0.4) is 0 Å². The summed E-state index contributed by atoms with van der Waals surface area (Å²) in [5.74, 6) is 2.34. The van der Waals surface area contributed by atoms with Crippen molar-refractivity contribution in [2.24, 2.45) is 0 Å². The number of rotatable bonds is 7. The van der Waals surface area contributed by atoms with E-state index in [1.54, 1.807) is 12.1 Å². The summed E-state index contributed by atoms with van der Waals surface area (Å²) in [5.41, 5.74) is 3.03. The summed E-state index contributed by atoms with van der Waals surface area (Å²) < 4.78 is 1.24. The smallest absolute Gasteiger partial charge is 0.366 e. The Bertz CT molecular complexity index is 847. The van der Waals surface area contributed by atoms with Crippen LogP contribution in [0, 0.1) is 17.0 Å². The average molecular weight is 343 g/mol. The molecular formula is C16H17N5O2S. The molecule has 0 aliphatic rings. The van der Waals surface area contributed by atoms with Crippen molar-refractivity contribution in [2.75, 3.05) is 17.6 Å². The van der Waals surface area contributed by atoms with Gasteiger partial charge in [-0.05, 0) is 23.5 Å². The monoisotopic (exact) mass is 343 g/mol. The van der Waals surface area contributed by atoms with E-state index < -0.39 is 4.92 Å². The van der Waals surface area contributed by atoms with Crippen LogP contribution in [0.5, 0.6) is 0 Å². The summed E-state index contributed by atoms with van der Waals surface area (Å²) >= 11 is 1.83. The minimum atomic E-state index is -0.492. The van der Waals surface area contributed by atoms with Crippen LogP contribution in [0.25, 0.3) is 5.65 Å². The van der Waals surface area contributed by atoms with E-state index in [4.69, 9.17) is 0 Å². The number of hydrogen-bond donors (Lipinski definition) is 1. The number of nitrogens with one attached hydrogen (secondary N) is 1. The van der Waals surface area contributed by atoms with E-state index in [1.165, 1.54) is 21.8 Å². The maximum Gasteiger partial charge on any atom is 0.368 e. The Hall–Kier alpha value is -2.61. The number of aryl methyl sites for hydroxylation is 1. The lowest BCUT2D eigenvalue weighted by Gasteiger charge is -2.05. The van der Waals surface area contributed by atoms with Crippen LogP contribution in [-0.2, 0) is 5.75 Å². The molecule has 0 spiro atoms. The lowest BCUT2D eigenvalue weighted by molar-refractivity contribution is -0.391. The van der Waals surface area contributed by atoms with Gasteiger partial charge in [0.25, 0.3) is 0 Å². The maximum absolute atomic E-state index is 10.9. The quantitative estimate of drug-likeness (QED) is 0.402. The molecule has 8 heteroatoms. The number of thioether (sulfide) groups is 1. The largest absolute Gasteiger partial charge is 0.368 e. The zero-order valence-corrected chi connectivity index (χ0v) is 14.0. The predicted octanol–water partition coefficient (Wildman–Crippen LogP) is 3.29. The van der Waals surface area contributed by atoms with Crippen molar-refractivity contribution < 1.29 is 4.92 Å². The summed E-state index contributed by atoms with van der Waals surface area (Å²) in [4.78, 5) is 14.4. The van der Waals surface area contributed by atoms with Crippen molar-refractivity contribution in [2.45, 2.75) is 12.7 Å². The van der Waals surface area contributed by atoms with Crippen LogP contribution in [0.15, 0.2) is 42.6 Å². The highest BCUT2D eigenvalue weighted by Crippen LogP contribution is 2.15. The summed E-state index contributed by atoms with van der Waals surface area (Å²) in [6.45, 7) is 2.81. The van der Waals surface area contributed by atoms with Gasteiger partial charge in [-0.15, -0.1) is 0 Å². The number of fused-ring (bicyclic) bond motifs is 1. The predicted molar refractivity (Wildman–Crippen MR) is 95.5 cm³/mol. The second-order valence-electron chi connectivity index (χ2n) is 5.33. The number of nitrogens with zero attached hydrogens (tertiary/aromatic N) is 4. The number of imidazole rings is 1. The second-order valence-corrected chi connectivity index (χ2v) is 6.43. The zero-order chi connectivity index (χ0) is 16.9. The topological polar surface area (TPSA) is 85.4 Å². The van der Waals surface area contributed by atoms with Crippen LogP contribution in [0.4, 0.5) is 11.6 Å². The lowest BCUT2D eigenvalue weighted by Crippen LogP contribution is -2.08. The van der Waals surface area contributed by atoms with Crippen LogP contribution in [0.2, 0.25) is 0 Å². The first-order valence-corrected chi connectivity index (χ1v) is 8.65. The first-order valence-electron chi connectivity index (χ1n) is 7.50. The molecule has 2 heterocycles. The van der Waals surface area contributed by atoms with Gasteiger partial charge in [0.1, 0.15) is 6.20 Å². The first-order chi connectivity index (χ1) is 11.6. The van der Waals surface area contributed by atoms with Gasteiger partial charge in [0.05, 0.1) is 0 Å². The highest BCUT2D eigenvalue weighted by molar-refractivity contribution is 7.98. The summed E-state index contributed by atoms with van der Waals surface area (Å²) in [5, 5.41) is 18.3. The van der Waals surface area contributed by atoms with Crippen LogP contribution >= 0.6 is 11.8 Å². The molecule has 1 N–H and O–H groups in total. The Morgan fingerprint density at radius 1 is 1.25 bits per heavy atom. The molecule has 7 nitrogen and oxygen atoms in total. The molecule has 3 aromatic rings. The molecule has 2 aromatic heterocycles. The molecule has 0 amide bonds. The first kappa shape index (κ1) is 16.3. The Kier molecular flexibility index (Phi) is 4.95. The van der Waals surface area contributed by atoms with Gasteiger partial charge in [-0.25, -0.2) is 4.98 Å². The number of aromatic nitrogens is 3. The Morgan fingerprint density at radius 2 is 2.04 bits per heavy atom. The van der Waals surface area contributed by atoms with Crippen molar-refractivity contribution in [1.29, 1.82) is 0 Å². The highest BCUT2D eigenvalue weighted by atomic mass is 32.2. The fourth-order valence-corrected chi connectivity index (χ4v) is 3.02. The molecule has 0 bridgehead atoms. The minimum Gasteiger partial charge on any atom is -0.366 e. The van der Waals surface area contributed by atoms with E-state index in [9.17, 15) is 10.1 Å². The molecule has 0 atom stereocenters. The second kappa shape index (κ2) is 7.31. The van der Waals surface area contributed by atoms with Crippen molar-refractivity contribution in [3.8, 4) is 0 Å². The number of hydrogen-bond acceptors (Lipinski definition) is 6. The Balaban J connectivity index is 1.51. The molecule has 0 aliphatic heterocycles. The Morgan fingerprint density at radius 3 is 2.79 bits per heavy atom. The molecule has 0 saturated heterocycles. The number of nitro groups is 1. The lowest BCUT2D eigenvalue weighted by atomic mass is 10.2. The Labute approximate surface area is 143 Å². The van der Waals surface area contributed by atoms with Crippen LogP contribution in [0.1, 0.15) is 11.1 Å². The molecule has 3 rings (SSSR count). The summed E-state index contributed by atoms with van der Waals surface area (Å²) in [7, 11) is 0. The van der Waals surface area contributed by atoms with Gasteiger partial charge in [0.2, 0.25) is 5.65 Å². The third kappa shape index (κ3) is 3.83. The van der Waals surface area contributed by atoms with E-state index in [1.807, 2.05) is 11.8 Å². The van der Waals surface area contributed by atoms with Crippen molar-refractivity contribution >= 4 is 29.0 Å². The van der Waals surface area contributed by atoms with E-state index in [0.717, 1.165) is 18.1 Å². The fraction of sp³-hybridized carbons (Fsp3) is 0.250. The van der Waals surface area contributed by atoms with Gasteiger partial charge in [-0.1, -0.05) is 39.4 Å². The average Bonchev–Trinajstić information content (AvgIpc) is 2.99. The molecule has 0 unspecified atom stereocenters. The van der Waals surface area contributed by atoms with Crippen molar-refractivity contribution in [1.82, 2.24) is 14.6 Å². The van der Waals surface area contributed by atoms with E-state index >= 15 is 0 Å². The van der Waals surface area contributed by atoms with Gasteiger partial charge in [0.15, 0.2) is 5.82 Å². The molecule has 0 saturated carbocycles. The van der Waals surface area contributed by atoms with E-state index in [2.05, 4.69) is 46.6 Å². The van der Waals surface area contributed by atoms with Crippen molar-refractivity contribution in [3.05, 3.63) is 63.8 Å². The van der Waals surface area contributed by atoms with Gasteiger partial charge in [-0.2, -0.15) is 11.8 Å². The third-order valence-corrected chi connectivity index (χ3v) is 4.50. The maximum atomic E-state index is 10.9. The number of benzene rings is 1. The molecule has 1 aromatic carbocycles. The fourth-order valence-electron chi connectivity index (χ4n) is 2.21. The minimum absolute atomic E-state index is 0.137. The van der Waals surface area contributed by atoms with Gasteiger partial charge >= 0.3 is 5.82 Å². The highest BCUT2D eigenvalue weighted by Gasteiger charge is 2.15. The van der Waals surface area contributed by atoms with E-state index in [0.29, 0.717) is 11.5 Å². The zero-order valence-electron chi connectivity index (χ0n) is 13.2. The molecule has 0 radical (unpaired) electrons.